The second-order valence-electron chi connectivity index (χ2n) is 7.22. The summed E-state index contributed by atoms with van der Waals surface area (Å²) in [7, 11) is 0. The Hall–Kier alpha value is -2.66. The van der Waals surface area contributed by atoms with Crippen LogP contribution in [0.15, 0.2) is 67.0 Å². The van der Waals surface area contributed by atoms with Crippen LogP contribution in [0.1, 0.15) is 41.6 Å². The Labute approximate surface area is 164 Å². The number of hydrogen-bond acceptors (Lipinski definition) is 2. The fourth-order valence-electron chi connectivity index (χ4n) is 4.06. The van der Waals surface area contributed by atoms with Gasteiger partial charge < -0.3 is 10.3 Å². The van der Waals surface area contributed by atoms with Crippen molar-refractivity contribution in [2.75, 3.05) is 6.54 Å². The van der Waals surface area contributed by atoms with E-state index in [9.17, 15) is 4.79 Å². The van der Waals surface area contributed by atoms with E-state index in [1.165, 1.54) is 18.4 Å². The molecule has 0 radical (unpaired) electrons. The number of hydrogen-bond donors (Lipinski definition) is 2. The van der Waals surface area contributed by atoms with E-state index in [1.807, 2.05) is 41.1 Å². The van der Waals surface area contributed by atoms with E-state index in [1.54, 1.807) is 6.20 Å². The molecular formula is C22H23N3OS. The van der Waals surface area contributed by atoms with E-state index in [0.29, 0.717) is 16.9 Å². The van der Waals surface area contributed by atoms with E-state index in [0.717, 1.165) is 18.5 Å². The lowest BCUT2D eigenvalue weighted by Crippen LogP contribution is -2.39. The molecule has 1 aromatic heterocycles. The SMILES string of the molecule is O=C(NCC1(c2ccccc2)CCCC1)c1ccc(-n2cc[nH]c2=S)cc1. The molecule has 0 bridgehead atoms. The molecule has 1 saturated carbocycles. The van der Waals surface area contributed by atoms with Gasteiger partial charge >= 0.3 is 0 Å². The summed E-state index contributed by atoms with van der Waals surface area (Å²) in [5, 5.41) is 3.17. The molecule has 1 amide bonds. The van der Waals surface area contributed by atoms with Gasteiger partial charge in [0, 0.05) is 35.6 Å². The molecule has 2 aromatic carbocycles. The van der Waals surface area contributed by atoms with Gasteiger partial charge in [0.05, 0.1) is 0 Å². The maximum atomic E-state index is 12.7. The van der Waals surface area contributed by atoms with Crippen molar-refractivity contribution in [3.63, 3.8) is 0 Å². The molecule has 5 heteroatoms. The number of aromatic nitrogens is 2. The molecule has 4 nitrogen and oxygen atoms in total. The summed E-state index contributed by atoms with van der Waals surface area (Å²) < 4.78 is 2.51. The first-order valence-electron chi connectivity index (χ1n) is 9.38. The zero-order chi connectivity index (χ0) is 18.7. The van der Waals surface area contributed by atoms with Crippen molar-refractivity contribution in [3.8, 4) is 5.69 Å². The lowest BCUT2D eigenvalue weighted by molar-refractivity contribution is 0.0943. The minimum atomic E-state index is -0.0265. The molecule has 138 valence electrons. The van der Waals surface area contributed by atoms with Crippen molar-refractivity contribution < 1.29 is 4.79 Å². The first-order chi connectivity index (χ1) is 13.2. The van der Waals surface area contributed by atoms with Crippen molar-refractivity contribution in [3.05, 3.63) is 82.9 Å². The minimum absolute atomic E-state index is 0.0265. The zero-order valence-corrected chi connectivity index (χ0v) is 16.0. The molecule has 4 rings (SSSR count). The van der Waals surface area contributed by atoms with E-state index in [-0.39, 0.29) is 11.3 Å². The fourth-order valence-corrected chi connectivity index (χ4v) is 4.29. The van der Waals surface area contributed by atoms with Crippen molar-refractivity contribution in [2.24, 2.45) is 0 Å². The quantitative estimate of drug-likeness (QED) is 0.629. The molecule has 1 fully saturated rings. The van der Waals surface area contributed by atoms with Crippen LogP contribution >= 0.6 is 12.2 Å². The molecule has 0 unspecified atom stereocenters. The number of carbonyl (C=O) groups excluding carboxylic acids is 1. The summed E-state index contributed by atoms with van der Waals surface area (Å²) in [5.74, 6) is -0.0265. The Morgan fingerprint density at radius 3 is 2.41 bits per heavy atom. The molecule has 0 aliphatic heterocycles. The Balaban J connectivity index is 1.47. The number of H-pyrrole nitrogens is 1. The molecule has 1 heterocycles. The van der Waals surface area contributed by atoms with E-state index in [2.05, 4.69) is 34.6 Å². The number of imidazole rings is 1. The van der Waals surface area contributed by atoms with E-state index in [4.69, 9.17) is 12.2 Å². The number of rotatable bonds is 5. The van der Waals surface area contributed by atoms with Gasteiger partial charge in [0.1, 0.15) is 0 Å². The lowest BCUT2D eigenvalue weighted by atomic mass is 9.79. The summed E-state index contributed by atoms with van der Waals surface area (Å²) in [5.41, 5.74) is 3.01. The van der Waals surface area contributed by atoms with E-state index >= 15 is 0 Å². The maximum absolute atomic E-state index is 12.7. The zero-order valence-electron chi connectivity index (χ0n) is 15.2. The van der Waals surface area contributed by atoms with Crippen LogP contribution in [0.4, 0.5) is 0 Å². The van der Waals surface area contributed by atoms with Crippen LogP contribution < -0.4 is 5.32 Å². The normalized spacial score (nSPS) is 15.6. The first kappa shape index (κ1) is 17.7. The Morgan fingerprint density at radius 1 is 1.07 bits per heavy atom. The van der Waals surface area contributed by atoms with Crippen molar-refractivity contribution in [2.45, 2.75) is 31.1 Å². The predicted molar refractivity (Wildman–Crippen MR) is 110 cm³/mol. The topological polar surface area (TPSA) is 49.8 Å². The molecule has 3 aromatic rings. The van der Waals surface area contributed by atoms with Gasteiger partial charge in [-0.05, 0) is 54.9 Å². The van der Waals surface area contributed by atoms with Crippen LogP contribution in [0.5, 0.6) is 0 Å². The smallest absolute Gasteiger partial charge is 0.251 e. The molecule has 0 atom stereocenters. The van der Waals surface area contributed by atoms with Gasteiger partial charge in [-0.25, -0.2) is 0 Å². The summed E-state index contributed by atoms with van der Waals surface area (Å²) in [6.45, 7) is 0.681. The van der Waals surface area contributed by atoms with Crippen molar-refractivity contribution in [1.82, 2.24) is 14.9 Å². The van der Waals surface area contributed by atoms with Gasteiger partial charge in [-0.2, -0.15) is 0 Å². The van der Waals surface area contributed by atoms with Gasteiger partial charge in [0.2, 0.25) is 0 Å². The first-order valence-corrected chi connectivity index (χ1v) is 9.79. The molecule has 2 N–H and O–H groups in total. The van der Waals surface area contributed by atoms with E-state index < -0.39 is 0 Å². The van der Waals surface area contributed by atoms with Gasteiger partial charge in [-0.1, -0.05) is 43.2 Å². The number of benzene rings is 2. The van der Waals surface area contributed by atoms with Gasteiger partial charge in [-0.15, -0.1) is 0 Å². The molecular weight excluding hydrogens is 354 g/mol. The standard InChI is InChI=1S/C22H23N3OS/c26-20(17-8-10-19(11-9-17)25-15-14-23-21(25)27)24-16-22(12-4-5-13-22)18-6-2-1-3-7-18/h1-3,6-11,14-15H,4-5,12-13,16H2,(H,23,27)(H,24,26). The molecule has 1 aliphatic carbocycles. The monoisotopic (exact) mass is 377 g/mol. The molecule has 27 heavy (non-hydrogen) atoms. The van der Waals surface area contributed by atoms with Crippen LogP contribution in [0, 0.1) is 4.77 Å². The van der Waals surface area contributed by atoms with Crippen LogP contribution in [0.3, 0.4) is 0 Å². The number of amides is 1. The lowest BCUT2D eigenvalue weighted by Gasteiger charge is -2.30. The molecule has 0 saturated heterocycles. The van der Waals surface area contributed by atoms with Crippen LogP contribution in [0.25, 0.3) is 5.69 Å². The average molecular weight is 378 g/mol. The second-order valence-corrected chi connectivity index (χ2v) is 7.60. The highest BCUT2D eigenvalue weighted by atomic mass is 32.1. The van der Waals surface area contributed by atoms with Crippen molar-refractivity contribution >= 4 is 18.1 Å². The van der Waals surface area contributed by atoms with Gasteiger partial charge in [0.15, 0.2) is 4.77 Å². The third-order valence-corrected chi connectivity index (χ3v) is 5.91. The summed E-state index contributed by atoms with van der Waals surface area (Å²) in [4.78, 5) is 15.7. The number of aromatic amines is 1. The largest absolute Gasteiger partial charge is 0.351 e. The summed E-state index contributed by atoms with van der Waals surface area (Å²) in [6.07, 6.45) is 8.37. The van der Waals surface area contributed by atoms with Crippen molar-refractivity contribution in [1.29, 1.82) is 0 Å². The summed E-state index contributed by atoms with van der Waals surface area (Å²) in [6, 6.07) is 18.1. The minimum Gasteiger partial charge on any atom is -0.351 e. The summed E-state index contributed by atoms with van der Waals surface area (Å²) >= 11 is 5.24. The van der Waals surface area contributed by atoms with Crippen LogP contribution in [-0.2, 0) is 5.41 Å². The molecule has 0 spiro atoms. The average Bonchev–Trinajstić information content (AvgIpc) is 3.37. The maximum Gasteiger partial charge on any atom is 0.251 e. The highest BCUT2D eigenvalue weighted by Gasteiger charge is 2.35. The third-order valence-electron chi connectivity index (χ3n) is 5.59. The predicted octanol–water partition coefficient (Wildman–Crippen LogP) is 4.78. The third kappa shape index (κ3) is 3.60. The Bertz CT molecular complexity index is 967. The highest BCUT2D eigenvalue weighted by molar-refractivity contribution is 7.71. The second kappa shape index (κ2) is 7.53. The fraction of sp³-hybridized carbons (Fsp3) is 0.273. The number of nitrogens with one attached hydrogen (secondary N) is 2. The van der Waals surface area contributed by atoms with Crippen LogP contribution in [0.2, 0.25) is 0 Å². The Kier molecular flexibility index (Phi) is 4.94. The Morgan fingerprint density at radius 2 is 1.78 bits per heavy atom. The number of carbonyl (C=O) groups is 1. The van der Waals surface area contributed by atoms with Gasteiger partial charge in [0.25, 0.3) is 5.91 Å². The molecule has 1 aliphatic rings. The van der Waals surface area contributed by atoms with Crippen LogP contribution in [-0.4, -0.2) is 22.0 Å². The highest BCUT2D eigenvalue weighted by Crippen LogP contribution is 2.40. The number of nitrogens with zero attached hydrogens (tertiary/aromatic N) is 1. The van der Waals surface area contributed by atoms with Gasteiger partial charge in [-0.3, -0.25) is 9.36 Å².